The first-order valence-corrected chi connectivity index (χ1v) is 10.3. The van der Waals surface area contributed by atoms with Gasteiger partial charge in [-0.3, -0.25) is 0 Å². The van der Waals surface area contributed by atoms with Crippen molar-refractivity contribution in [2.24, 2.45) is 4.99 Å². The molecule has 0 atom stereocenters. The molecule has 0 unspecified atom stereocenters. The molecule has 6 nitrogen and oxygen atoms in total. The van der Waals surface area contributed by atoms with E-state index in [0.717, 1.165) is 30.1 Å². The first kappa shape index (κ1) is 20.7. The maximum Gasteiger partial charge on any atom is 0.224 e. The minimum absolute atomic E-state index is 0.355. The number of ether oxygens (including phenoxy) is 1. The lowest BCUT2D eigenvalue weighted by Crippen LogP contribution is -2.38. The smallest absolute Gasteiger partial charge is 0.224 e. The monoisotopic (exact) mass is 413 g/mol. The summed E-state index contributed by atoms with van der Waals surface area (Å²) in [5.74, 6) is 1.17. The first-order chi connectivity index (χ1) is 14.1. The number of guanidine groups is 1. The second-order valence-corrected chi connectivity index (χ2v) is 7.58. The van der Waals surface area contributed by atoms with Gasteiger partial charge in [-0.2, -0.15) is 0 Å². The maximum atomic E-state index is 13.4. The van der Waals surface area contributed by atoms with Crippen LogP contribution in [0.5, 0.6) is 11.6 Å². The van der Waals surface area contributed by atoms with Gasteiger partial charge in [0.15, 0.2) is 5.96 Å². The van der Waals surface area contributed by atoms with Gasteiger partial charge >= 0.3 is 0 Å². The van der Waals surface area contributed by atoms with Crippen LogP contribution in [0.4, 0.5) is 4.39 Å². The quantitative estimate of drug-likeness (QED) is 0.430. The van der Waals surface area contributed by atoms with Gasteiger partial charge in [0.1, 0.15) is 11.6 Å². The molecule has 0 fully saturated rings. The number of halogens is 1. The highest BCUT2D eigenvalue weighted by Crippen LogP contribution is 2.23. The fraction of sp³-hybridized carbons (Fsp3) is 0.286. The third-order valence-electron chi connectivity index (χ3n) is 3.91. The van der Waals surface area contributed by atoms with E-state index in [-0.39, 0.29) is 5.82 Å². The van der Waals surface area contributed by atoms with E-state index in [2.05, 4.69) is 32.5 Å². The second kappa shape index (κ2) is 10.5. The van der Waals surface area contributed by atoms with Crippen molar-refractivity contribution in [2.75, 3.05) is 13.1 Å². The summed E-state index contributed by atoms with van der Waals surface area (Å²) >= 11 is 1.70. The molecule has 1 aromatic carbocycles. The normalized spacial score (nSPS) is 11.3. The molecule has 0 aliphatic carbocycles. The average Bonchev–Trinajstić information content (AvgIpc) is 3.12. The van der Waals surface area contributed by atoms with Crippen molar-refractivity contribution >= 4 is 17.3 Å². The van der Waals surface area contributed by atoms with Gasteiger partial charge in [-0.15, -0.1) is 11.3 Å². The number of aryl methyl sites for hydroxylation is 1. The van der Waals surface area contributed by atoms with Gasteiger partial charge < -0.3 is 15.4 Å². The van der Waals surface area contributed by atoms with Crippen LogP contribution in [0, 0.1) is 12.7 Å². The van der Waals surface area contributed by atoms with E-state index >= 15 is 0 Å². The Morgan fingerprint density at radius 2 is 2.10 bits per heavy atom. The Labute approximate surface area is 173 Å². The number of hydrogen-bond donors (Lipinski definition) is 2. The predicted octanol–water partition coefficient (Wildman–Crippen LogP) is 4.08. The molecule has 3 rings (SSSR count). The zero-order valence-electron chi connectivity index (χ0n) is 16.5. The number of benzene rings is 1. The van der Waals surface area contributed by atoms with E-state index < -0.39 is 0 Å². The molecule has 0 saturated heterocycles. The second-order valence-electron chi connectivity index (χ2n) is 6.26. The Morgan fingerprint density at radius 3 is 2.86 bits per heavy atom. The number of thiazole rings is 1. The van der Waals surface area contributed by atoms with Crippen molar-refractivity contribution in [1.82, 2.24) is 20.6 Å². The summed E-state index contributed by atoms with van der Waals surface area (Å²) in [6.07, 6.45) is 4.37. The molecular formula is C21H24FN5OS. The zero-order chi connectivity index (χ0) is 20.5. The van der Waals surface area contributed by atoms with Crippen LogP contribution in [-0.2, 0) is 13.0 Å². The summed E-state index contributed by atoms with van der Waals surface area (Å²) in [4.78, 5) is 14.5. The minimum atomic E-state index is -0.355. The van der Waals surface area contributed by atoms with E-state index in [0.29, 0.717) is 24.1 Å². The maximum absolute atomic E-state index is 13.4. The highest BCUT2D eigenvalue weighted by Gasteiger charge is 2.07. The number of pyridine rings is 1. The van der Waals surface area contributed by atoms with E-state index in [9.17, 15) is 4.39 Å². The number of nitrogens with one attached hydrogen (secondary N) is 2. The van der Waals surface area contributed by atoms with Crippen molar-refractivity contribution in [2.45, 2.75) is 26.8 Å². The van der Waals surface area contributed by atoms with Crippen molar-refractivity contribution in [3.05, 3.63) is 70.1 Å². The molecule has 0 aliphatic rings. The largest absolute Gasteiger partial charge is 0.439 e. The van der Waals surface area contributed by atoms with Gasteiger partial charge in [0.2, 0.25) is 5.88 Å². The van der Waals surface area contributed by atoms with Crippen LogP contribution in [0.25, 0.3) is 0 Å². The lowest BCUT2D eigenvalue weighted by molar-refractivity contribution is 0.452. The number of rotatable bonds is 8. The van der Waals surface area contributed by atoms with E-state index in [1.165, 1.54) is 17.0 Å². The minimum Gasteiger partial charge on any atom is -0.439 e. The van der Waals surface area contributed by atoms with Gasteiger partial charge in [0.05, 0.1) is 11.6 Å². The molecule has 2 N–H and O–H groups in total. The van der Waals surface area contributed by atoms with E-state index in [1.54, 1.807) is 29.7 Å². The lowest BCUT2D eigenvalue weighted by atomic mass is 10.2. The zero-order valence-corrected chi connectivity index (χ0v) is 17.3. The summed E-state index contributed by atoms with van der Waals surface area (Å²) in [6, 6.07) is 9.71. The SMILES string of the molecule is CCNC(=NCc1cccnc1Oc1cccc(F)c1)NCCc1ncc(C)s1. The summed E-state index contributed by atoms with van der Waals surface area (Å²) in [7, 11) is 0. The molecule has 0 aliphatic heterocycles. The third-order valence-corrected chi connectivity index (χ3v) is 4.89. The molecule has 152 valence electrons. The van der Waals surface area contributed by atoms with Gasteiger partial charge in [-0.25, -0.2) is 19.4 Å². The molecule has 0 saturated carbocycles. The predicted molar refractivity (Wildman–Crippen MR) is 114 cm³/mol. The van der Waals surface area contributed by atoms with Crippen molar-refractivity contribution in [3.8, 4) is 11.6 Å². The number of nitrogens with zero attached hydrogens (tertiary/aromatic N) is 3. The topological polar surface area (TPSA) is 71.4 Å². The van der Waals surface area contributed by atoms with Gasteiger partial charge in [-0.05, 0) is 32.0 Å². The van der Waals surface area contributed by atoms with E-state index in [1.807, 2.05) is 25.3 Å². The molecule has 0 amide bonds. The van der Waals surface area contributed by atoms with Crippen LogP contribution in [0.2, 0.25) is 0 Å². The van der Waals surface area contributed by atoms with Crippen LogP contribution in [0.3, 0.4) is 0 Å². The number of hydrogen-bond acceptors (Lipinski definition) is 5. The fourth-order valence-corrected chi connectivity index (χ4v) is 3.38. The van der Waals surface area contributed by atoms with Crippen LogP contribution >= 0.6 is 11.3 Å². The summed E-state index contributed by atoms with van der Waals surface area (Å²) in [6.45, 7) is 5.94. The van der Waals surface area contributed by atoms with Crippen LogP contribution in [0.1, 0.15) is 22.4 Å². The molecule has 2 heterocycles. The Morgan fingerprint density at radius 1 is 1.21 bits per heavy atom. The summed E-state index contributed by atoms with van der Waals surface area (Å²) in [5, 5.41) is 7.65. The number of aromatic nitrogens is 2. The molecule has 0 spiro atoms. The summed E-state index contributed by atoms with van der Waals surface area (Å²) in [5.41, 5.74) is 0.810. The fourth-order valence-electron chi connectivity index (χ4n) is 2.59. The Hall–Kier alpha value is -3.00. The summed E-state index contributed by atoms with van der Waals surface area (Å²) < 4.78 is 19.2. The molecule has 8 heteroatoms. The third kappa shape index (κ3) is 6.53. The Kier molecular flexibility index (Phi) is 7.52. The lowest BCUT2D eigenvalue weighted by Gasteiger charge is -2.12. The highest BCUT2D eigenvalue weighted by molar-refractivity contribution is 7.11. The first-order valence-electron chi connectivity index (χ1n) is 9.45. The van der Waals surface area contributed by atoms with Crippen molar-refractivity contribution in [3.63, 3.8) is 0 Å². The van der Waals surface area contributed by atoms with Crippen LogP contribution in [0.15, 0.2) is 53.8 Å². The number of aliphatic imine (C=N–C) groups is 1. The van der Waals surface area contributed by atoms with E-state index in [4.69, 9.17) is 4.74 Å². The van der Waals surface area contributed by atoms with Crippen molar-refractivity contribution in [1.29, 1.82) is 0 Å². The molecule has 0 radical (unpaired) electrons. The molecule has 0 bridgehead atoms. The molecule has 3 aromatic rings. The molecule has 29 heavy (non-hydrogen) atoms. The Bertz CT molecular complexity index is 960. The van der Waals surface area contributed by atoms with Crippen molar-refractivity contribution < 1.29 is 9.13 Å². The highest BCUT2D eigenvalue weighted by atomic mass is 32.1. The van der Waals surface area contributed by atoms with Gasteiger partial charge in [0, 0.05) is 48.4 Å². The molecular weight excluding hydrogens is 389 g/mol. The van der Waals surface area contributed by atoms with Crippen LogP contribution in [-0.4, -0.2) is 29.0 Å². The molecule has 2 aromatic heterocycles. The van der Waals surface area contributed by atoms with Gasteiger partial charge in [0.25, 0.3) is 0 Å². The van der Waals surface area contributed by atoms with Crippen LogP contribution < -0.4 is 15.4 Å². The van der Waals surface area contributed by atoms with Gasteiger partial charge in [-0.1, -0.05) is 12.1 Å². The Balaban J connectivity index is 1.64. The standard InChI is InChI=1S/C21H24FN5OS/c1-3-23-21(25-11-9-19-26-13-15(2)29-19)27-14-16-6-5-10-24-20(16)28-18-8-4-7-17(22)12-18/h4-8,10,12-13H,3,9,11,14H2,1-2H3,(H2,23,25,27). The average molecular weight is 414 g/mol.